The van der Waals surface area contributed by atoms with Gasteiger partial charge in [-0.05, 0) is 50.6 Å². The lowest BCUT2D eigenvalue weighted by molar-refractivity contribution is -0.116. The van der Waals surface area contributed by atoms with Crippen molar-refractivity contribution in [3.63, 3.8) is 0 Å². The van der Waals surface area contributed by atoms with Crippen LogP contribution in [-0.4, -0.2) is 24.6 Å². The summed E-state index contributed by atoms with van der Waals surface area (Å²) in [6.07, 6.45) is -0.579. The Morgan fingerprint density at radius 3 is 2.48 bits per heavy atom. The molecule has 0 unspecified atom stereocenters. The smallest absolute Gasteiger partial charge is 0.411 e. The van der Waals surface area contributed by atoms with Gasteiger partial charge < -0.3 is 15.4 Å². The molecule has 0 saturated carbocycles. The minimum atomic E-state index is -0.746. The third-order valence-electron chi connectivity index (χ3n) is 3.80. The van der Waals surface area contributed by atoms with Gasteiger partial charge in [-0.2, -0.15) is 0 Å². The average Bonchev–Trinajstić information content (AvgIpc) is 2.61. The van der Waals surface area contributed by atoms with E-state index in [1.165, 1.54) is 0 Å². The van der Waals surface area contributed by atoms with Crippen LogP contribution in [0.1, 0.15) is 19.4 Å². The van der Waals surface area contributed by atoms with Crippen molar-refractivity contribution in [1.29, 1.82) is 0 Å². The SMILES string of the molecule is CCOC(=O)Nc1cccc(N[C@H](C)C(=O)Nc2cc(F)ccc2F)c1C. The quantitative estimate of drug-likeness (QED) is 0.702. The zero-order valence-corrected chi connectivity index (χ0v) is 15.2. The minimum absolute atomic E-state index is 0.233. The van der Waals surface area contributed by atoms with Crippen LogP contribution in [0.5, 0.6) is 0 Å². The Morgan fingerprint density at radius 2 is 1.78 bits per heavy atom. The maximum absolute atomic E-state index is 13.7. The van der Waals surface area contributed by atoms with Crippen LogP contribution in [-0.2, 0) is 9.53 Å². The van der Waals surface area contributed by atoms with E-state index in [9.17, 15) is 18.4 Å². The van der Waals surface area contributed by atoms with Crippen LogP contribution in [0.3, 0.4) is 0 Å². The van der Waals surface area contributed by atoms with Crippen LogP contribution in [0.25, 0.3) is 0 Å². The first-order valence-electron chi connectivity index (χ1n) is 8.37. The lowest BCUT2D eigenvalue weighted by atomic mass is 10.1. The number of carbonyl (C=O) groups excluding carboxylic acids is 2. The van der Waals surface area contributed by atoms with Gasteiger partial charge in [0, 0.05) is 17.4 Å². The molecule has 27 heavy (non-hydrogen) atoms. The predicted molar refractivity (Wildman–Crippen MR) is 99.9 cm³/mol. The number of carbonyl (C=O) groups is 2. The second kappa shape index (κ2) is 8.98. The van der Waals surface area contributed by atoms with Gasteiger partial charge in [0.05, 0.1) is 12.3 Å². The molecule has 0 fully saturated rings. The van der Waals surface area contributed by atoms with E-state index in [1.807, 2.05) is 0 Å². The highest BCUT2D eigenvalue weighted by atomic mass is 19.1. The molecule has 0 heterocycles. The largest absolute Gasteiger partial charge is 0.450 e. The maximum Gasteiger partial charge on any atom is 0.411 e. The molecular formula is C19H21F2N3O3. The van der Waals surface area contributed by atoms with Gasteiger partial charge in [-0.15, -0.1) is 0 Å². The van der Waals surface area contributed by atoms with Crippen LogP contribution in [0.15, 0.2) is 36.4 Å². The summed E-state index contributed by atoms with van der Waals surface area (Å²) in [4.78, 5) is 23.9. The zero-order chi connectivity index (χ0) is 20.0. The van der Waals surface area contributed by atoms with Gasteiger partial charge in [0.25, 0.3) is 0 Å². The lowest BCUT2D eigenvalue weighted by Crippen LogP contribution is -2.32. The van der Waals surface area contributed by atoms with Crippen molar-refractivity contribution >= 4 is 29.1 Å². The fourth-order valence-electron chi connectivity index (χ4n) is 2.34. The molecule has 2 rings (SSSR count). The number of rotatable bonds is 6. The molecule has 8 heteroatoms. The summed E-state index contributed by atoms with van der Waals surface area (Å²) in [7, 11) is 0. The molecule has 6 nitrogen and oxygen atoms in total. The molecule has 0 spiro atoms. The molecule has 0 saturated heterocycles. The molecule has 0 radical (unpaired) electrons. The van der Waals surface area contributed by atoms with Crippen molar-refractivity contribution in [3.8, 4) is 0 Å². The topological polar surface area (TPSA) is 79.5 Å². The second-order valence-corrected chi connectivity index (χ2v) is 5.80. The van der Waals surface area contributed by atoms with Crippen molar-refractivity contribution in [2.75, 3.05) is 22.6 Å². The van der Waals surface area contributed by atoms with Gasteiger partial charge in [0.2, 0.25) is 5.91 Å². The van der Waals surface area contributed by atoms with E-state index in [0.717, 1.165) is 18.2 Å². The fraction of sp³-hybridized carbons (Fsp3) is 0.263. The maximum atomic E-state index is 13.7. The summed E-state index contributed by atoms with van der Waals surface area (Å²) in [5.74, 6) is -1.92. The third kappa shape index (κ3) is 5.40. The molecule has 0 aliphatic heterocycles. The summed E-state index contributed by atoms with van der Waals surface area (Å²) in [5, 5.41) is 7.95. The standard InChI is InChI=1S/C19H21F2N3O3/c1-4-27-19(26)24-16-7-5-6-15(11(16)2)22-12(3)18(25)23-17-10-13(20)8-9-14(17)21/h5-10,12,22H,4H2,1-3H3,(H,23,25)(H,24,26)/t12-/m1/s1. The van der Waals surface area contributed by atoms with Crippen molar-refractivity contribution < 1.29 is 23.1 Å². The number of nitrogens with one attached hydrogen (secondary N) is 3. The number of ether oxygens (including phenoxy) is 1. The fourth-order valence-corrected chi connectivity index (χ4v) is 2.34. The average molecular weight is 377 g/mol. The van der Waals surface area contributed by atoms with Crippen LogP contribution < -0.4 is 16.0 Å². The number of anilines is 3. The molecule has 0 bridgehead atoms. The molecule has 1 atom stereocenters. The third-order valence-corrected chi connectivity index (χ3v) is 3.80. The van der Waals surface area contributed by atoms with Crippen LogP contribution in [0, 0.1) is 18.6 Å². The molecule has 0 aliphatic rings. The molecule has 3 N–H and O–H groups in total. The number of amides is 2. The van der Waals surface area contributed by atoms with E-state index in [2.05, 4.69) is 16.0 Å². The number of hydrogen-bond donors (Lipinski definition) is 3. The van der Waals surface area contributed by atoms with Gasteiger partial charge in [0.1, 0.15) is 17.7 Å². The Bertz CT molecular complexity index is 843. The highest BCUT2D eigenvalue weighted by Gasteiger charge is 2.17. The number of halogens is 2. The Balaban J connectivity index is 2.08. The minimum Gasteiger partial charge on any atom is -0.450 e. The van der Waals surface area contributed by atoms with Crippen molar-refractivity contribution in [2.24, 2.45) is 0 Å². The summed E-state index contributed by atoms with van der Waals surface area (Å²) in [5.41, 5.74) is 1.60. The van der Waals surface area contributed by atoms with E-state index < -0.39 is 29.7 Å². The Hall–Kier alpha value is -3.16. The first-order chi connectivity index (χ1) is 12.8. The summed E-state index contributed by atoms with van der Waals surface area (Å²) >= 11 is 0. The van der Waals surface area contributed by atoms with Gasteiger partial charge in [-0.25, -0.2) is 13.6 Å². The molecule has 144 valence electrons. The van der Waals surface area contributed by atoms with E-state index in [0.29, 0.717) is 16.9 Å². The highest BCUT2D eigenvalue weighted by Crippen LogP contribution is 2.24. The van der Waals surface area contributed by atoms with Crippen LogP contribution >= 0.6 is 0 Å². The Morgan fingerprint density at radius 1 is 1.07 bits per heavy atom. The molecule has 2 aromatic rings. The first-order valence-corrected chi connectivity index (χ1v) is 8.37. The molecule has 0 aromatic heterocycles. The lowest BCUT2D eigenvalue weighted by Gasteiger charge is -2.19. The van der Waals surface area contributed by atoms with Gasteiger partial charge in [0.15, 0.2) is 0 Å². The predicted octanol–water partition coefficient (Wildman–Crippen LogP) is 4.28. The van der Waals surface area contributed by atoms with Gasteiger partial charge in [-0.1, -0.05) is 6.07 Å². The number of hydrogen-bond acceptors (Lipinski definition) is 4. The molecule has 2 amide bonds. The van der Waals surface area contributed by atoms with E-state index in [1.54, 1.807) is 39.0 Å². The summed E-state index contributed by atoms with van der Waals surface area (Å²) in [6, 6.07) is 7.21. The molecule has 2 aromatic carbocycles. The molecule has 0 aliphatic carbocycles. The van der Waals surface area contributed by atoms with Crippen molar-refractivity contribution in [2.45, 2.75) is 26.8 Å². The monoisotopic (exact) mass is 377 g/mol. The number of benzene rings is 2. The Labute approximate surface area is 155 Å². The van der Waals surface area contributed by atoms with E-state index >= 15 is 0 Å². The summed E-state index contributed by atoms with van der Waals surface area (Å²) in [6.45, 7) is 5.29. The van der Waals surface area contributed by atoms with E-state index in [4.69, 9.17) is 4.74 Å². The van der Waals surface area contributed by atoms with Crippen molar-refractivity contribution in [1.82, 2.24) is 0 Å². The van der Waals surface area contributed by atoms with Gasteiger partial charge >= 0.3 is 6.09 Å². The van der Waals surface area contributed by atoms with Crippen molar-refractivity contribution in [3.05, 3.63) is 53.6 Å². The first kappa shape index (κ1) is 20.2. The van der Waals surface area contributed by atoms with Crippen LogP contribution in [0.2, 0.25) is 0 Å². The van der Waals surface area contributed by atoms with E-state index in [-0.39, 0.29) is 12.3 Å². The summed E-state index contributed by atoms with van der Waals surface area (Å²) < 4.78 is 31.7. The van der Waals surface area contributed by atoms with Crippen LogP contribution in [0.4, 0.5) is 30.6 Å². The zero-order valence-electron chi connectivity index (χ0n) is 15.2. The normalized spacial score (nSPS) is 11.4. The highest BCUT2D eigenvalue weighted by molar-refractivity contribution is 5.96. The van der Waals surface area contributed by atoms with Gasteiger partial charge in [-0.3, -0.25) is 10.1 Å². The molecular weight excluding hydrogens is 356 g/mol. The Kier molecular flexibility index (Phi) is 6.70. The second-order valence-electron chi connectivity index (χ2n) is 5.80.